The lowest BCUT2D eigenvalue weighted by atomic mass is 10.1. The molecular formula is C11H13N3O4. The van der Waals surface area contributed by atoms with Crippen molar-refractivity contribution in [3.8, 4) is 0 Å². The smallest absolute Gasteiger partial charge is 0.293 e. The Balaban J connectivity index is 2.42. The number of hydrogen-bond acceptors (Lipinski definition) is 5. The maximum absolute atomic E-state index is 11.0. The molecule has 0 amide bonds. The summed E-state index contributed by atoms with van der Waals surface area (Å²) in [5, 5.41) is 21.7. The maximum atomic E-state index is 11.0. The van der Waals surface area contributed by atoms with Gasteiger partial charge in [-0.1, -0.05) is 0 Å². The van der Waals surface area contributed by atoms with Crippen molar-refractivity contribution >= 4 is 17.1 Å². The highest BCUT2D eigenvalue weighted by atomic mass is 16.6. The molecule has 0 aliphatic carbocycles. The van der Waals surface area contributed by atoms with Gasteiger partial charge < -0.3 is 4.90 Å². The summed E-state index contributed by atoms with van der Waals surface area (Å²) in [7, 11) is 0. The van der Waals surface area contributed by atoms with Gasteiger partial charge in [-0.2, -0.15) is 0 Å². The minimum atomic E-state index is -0.531. The standard InChI is InChI=1S/C11H13N3O4/c15-13(16)9-4-5-10(14(17)18)11(8-9)12-6-2-1-3-7-12/h4-5,8H,1-3,6-7H2. The first kappa shape index (κ1) is 12.3. The van der Waals surface area contributed by atoms with Crippen LogP contribution in [0.3, 0.4) is 0 Å². The van der Waals surface area contributed by atoms with Crippen molar-refractivity contribution in [3.63, 3.8) is 0 Å². The van der Waals surface area contributed by atoms with E-state index in [0.717, 1.165) is 19.3 Å². The molecule has 1 aliphatic rings. The first-order valence-electron chi connectivity index (χ1n) is 5.77. The van der Waals surface area contributed by atoms with Crippen LogP contribution < -0.4 is 4.90 Å². The van der Waals surface area contributed by atoms with Crippen LogP contribution in [0.2, 0.25) is 0 Å². The fourth-order valence-electron chi connectivity index (χ4n) is 2.17. The van der Waals surface area contributed by atoms with Gasteiger partial charge in [0, 0.05) is 31.3 Å². The zero-order valence-electron chi connectivity index (χ0n) is 9.74. The minimum absolute atomic E-state index is 0.0671. The third kappa shape index (κ3) is 2.39. The highest BCUT2D eigenvalue weighted by Crippen LogP contribution is 2.33. The normalized spacial score (nSPS) is 15.4. The lowest BCUT2D eigenvalue weighted by molar-refractivity contribution is -0.388. The van der Waals surface area contributed by atoms with Crippen molar-refractivity contribution in [3.05, 3.63) is 38.4 Å². The van der Waals surface area contributed by atoms with E-state index >= 15 is 0 Å². The van der Waals surface area contributed by atoms with Gasteiger partial charge in [-0.25, -0.2) is 0 Å². The van der Waals surface area contributed by atoms with Crippen LogP contribution in [0.4, 0.5) is 17.1 Å². The molecule has 18 heavy (non-hydrogen) atoms. The first-order chi connectivity index (χ1) is 8.59. The molecular weight excluding hydrogens is 238 g/mol. The van der Waals surface area contributed by atoms with Gasteiger partial charge in [0.2, 0.25) is 0 Å². The number of anilines is 1. The molecule has 7 nitrogen and oxygen atoms in total. The molecule has 0 spiro atoms. The van der Waals surface area contributed by atoms with Crippen molar-refractivity contribution in [1.29, 1.82) is 0 Å². The van der Waals surface area contributed by atoms with Gasteiger partial charge in [0.25, 0.3) is 11.4 Å². The molecule has 0 unspecified atom stereocenters. The summed E-state index contributed by atoms with van der Waals surface area (Å²) in [5.41, 5.74) is 0.178. The maximum Gasteiger partial charge on any atom is 0.293 e. The van der Waals surface area contributed by atoms with E-state index in [1.54, 1.807) is 0 Å². The first-order valence-corrected chi connectivity index (χ1v) is 5.77. The van der Waals surface area contributed by atoms with Gasteiger partial charge in [-0.05, 0) is 19.3 Å². The van der Waals surface area contributed by atoms with Crippen LogP contribution >= 0.6 is 0 Å². The third-order valence-electron chi connectivity index (χ3n) is 3.06. The van der Waals surface area contributed by atoms with Gasteiger partial charge in [-0.15, -0.1) is 0 Å². The number of benzene rings is 1. The molecule has 1 fully saturated rings. The van der Waals surface area contributed by atoms with E-state index in [0.29, 0.717) is 18.8 Å². The van der Waals surface area contributed by atoms with Crippen LogP contribution in [-0.4, -0.2) is 22.9 Å². The molecule has 0 saturated carbocycles. The largest absolute Gasteiger partial charge is 0.366 e. The predicted octanol–water partition coefficient (Wildman–Crippen LogP) is 2.49. The van der Waals surface area contributed by atoms with Crippen LogP contribution in [0.25, 0.3) is 0 Å². The fourth-order valence-corrected chi connectivity index (χ4v) is 2.17. The van der Waals surface area contributed by atoms with Crippen molar-refractivity contribution in [1.82, 2.24) is 0 Å². The van der Waals surface area contributed by atoms with Gasteiger partial charge >= 0.3 is 0 Å². The summed E-state index contributed by atoms with van der Waals surface area (Å²) in [4.78, 5) is 22.5. The van der Waals surface area contributed by atoms with Crippen LogP contribution in [-0.2, 0) is 0 Å². The predicted molar refractivity (Wildman–Crippen MR) is 65.8 cm³/mol. The Hall–Kier alpha value is -2.18. The summed E-state index contributed by atoms with van der Waals surface area (Å²) in [6.45, 7) is 1.42. The van der Waals surface area contributed by atoms with Crippen molar-refractivity contribution < 1.29 is 9.85 Å². The van der Waals surface area contributed by atoms with E-state index in [1.807, 2.05) is 4.90 Å². The van der Waals surface area contributed by atoms with Crippen LogP contribution in [0.15, 0.2) is 18.2 Å². The summed E-state index contributed by atoms with van der Waals surface area (Å²) in [6, 6.07) is 3.68. The van der Waals surface area contributed by atoms with Gasteiger partial charge in [-0.3, -0.25) is 20.2 Å². The Labute approximate surface area is 103 Å². The highest BCUT2D eigenvalue weighted by Gasteiger charge is 2.24. The molecule has 1 aliphatic heterocycles. The summed E-state index contributed by atoms with van der Waals surface area (Å²) >= 11 is 0. The molecule has 96 valence electrons. The average Bonchev–Trinajstić information content (AvgIpc) is 2.39. The Bertz CT molecular complexity index is 483. The number of piperidine rings is 1. The van der Waals surface area contributed by atoms with E-state index in [2.05, 4.69) is 0 Å². The second-order valence-corrected chi connectivity index (χ2v) is 4.23. The topological polar surface area (TPSA) is 89.5 Å². The van der Waals surface area contributed by atoms with E-state index in [4.69, 9.17) is 0 Å². The number of nitro benzene ring substituents is 2. The molecule has 0 bridgehead atoms. The number of hydrogen-bond donors (Lipinski definition) is 0. The second-order valence-electron chi connectivity index (χ2n) is 4.23. The zero-order chi connectivity index (χ0) is 13.1. The molecule has 7 heteroatoms. The highest BCUT2D eigenvalue weighted by molar-refractivity contribution is 5.67. The van der Waals surface area contributed by atoms with Gasteiger partial charge in [0.05, 0.1) is 9.85 Å². The van der Waals surface area contributed by atoms with Crippen molar-refractivity contribution in [2.75, 3.05) is 18.0 Å². The van der Waals surface area contributed by atoms with Crippen LogP contribution in [0.1, 0.15) is 19.3 Å². The molecule has 1 saturated heterocycles. The average molecular weight is 251 g/mol. The van der Waals surface area contributed by atoms with E-state index < -0.39 is 9.85 Å². The number of nitrogens with zero attached hydrogens (tertiary/aromatic N) is 3. The van der Waals surface area contributed by atoms with Crippen LogP contribution in [0.5, 0.6) is 0 Å². The van der Waals surface area contributed by atoms with E-state index in [9.17, 15) is 20.2 Å². The minimum Gasteiger partial charge on any atom is -0.366 e. The number of nitro groups is 2. The molecule has 0 aromatic heterocycles. The lowest BCUT2D eigenvalue weighted by Gasteiger charge is -2.28. The molecule has 0 N–H and O–H groups in total. The molecule has 1 aromatic rings. The monoisotopic (exact) mass is 251 g/mol. The zero-order valence-corrected chi connectivity index (χ0v) is 9.74. The van der Waals surface area contributed by atoms with Crippen molar-refractivity contribution in [2.45, 2.75) is 19.3 Å². The van der Waals surface area contributed by atoms with Gasteiger partial charge in [0.15, 0.2) is 0 Å². The van der Waals surface area contributed by atoms with E-state index in [-0.39, 0.29) is 11.4 Å². The second kappa shape index (κ2) is 4.99. The molecule has 1 aromatic carbocycles. The molecule has 1 heterocycles. The molecule has 0 radical (unpaired) electrons. The molecule has 2 rings (SSSR count). The lowest BCUT2D eigenvalue weighted by Crippen LogP contribution is -2.30. The Kier molecular flexibility index (Phi) is 3.40. The number of rotatable bonds is 3. The van der Waals surface area contributed by atoms with Gasteiger partial charge in [0.1, 0.15) is 5.69 Å². The van der Waals surface area contributed by atoms with E-state index in [1.165, 1.54) is 18.2 Å². The van der Waals surface area contributed by atoms with Crippen molar-refractivity contribution in [2.24, 2.45) is 0 Å². The summed E-state index contributed by atoms with van der Waals surface area (Å²) in [6.07, 6.45) is 3.01. The SMILES string of the molecule is O=[N+]([O-])c1ccc([N+](=O)[O-])c(N2CCCCC2)c1. The Morgan fingerprint density at radius 1 is 1.00 bits per heavy atom. The molecule has 0 atom stereocenters. The Morgan fingerprint density at radius 2 is 1.67 bits per heavy atom. The fraction of sp³-hybridized carbons (Fsp3) is 0.455. The summed E-state index contributed by atoms with van der Waals surface area (Å²) in [5.74, 6) is 0. The Morgan fingerprint density at radius 3 is 2.22 bits per heavy atom. The summed E-state index contributed by atoms with van der Waals surface area (Å²) < 4.78 is 0. The quantitative estimate of drug-likeness (QED) is 0.608. The van der Waals surface area contributed by atoms with Crippen LogP contribution in [0, 0.1) is 20.2 Å². The third-order valence-corrected chi connectivity index (χ3v) is 3.06. The number of non-ortho nitro benzene ring substituents is 1.